The Balaban J connectivity index is 2.39. The second-order valence-corrected chi connectivity index (χ2v) is 8.59. The molecule has 0 atom stereocenters. The number of nitrogens with one attached hydrogen (secondary N) is 1. The molecule has 0 aromatic carbocycles. The lowest BCUT2D eigenvalue weighted by atomic mass is 9.69. The largest absolute Gasteiger partial charge is 0.308 e. The molecule has 1 saturated carbocycles. The van der Waals surface area contributed by atoms with Crippen molar-refractivity contribution < 1.29 is 0 Å². The van der Waals surface area contributed by atoms with Gasteiger partial charge in [-0.05, 0) is 70.6 Å². The normalized spacial score (nSPS) is 26.6. The summed E-state index contributed by atoms with van der Waals surface area (Å²) in [6, 6.07) is 0. The first-order valence-corrected chi connectivity index (χ1v) is 8.00. The standard InChI is InChI=1S/C18H35N/c1-14(13-19-18(5,6)7)12-15-8-10-16(11-9-15)17(2,3)4/h12,15-16,19H,8-11,13H2,1-7H3. The predicted octanol–water partition coefficient (Wildman–Crippen LogP) is 5.17. The van der Waals surface area contributed by atoms with Crippen LogP contribution in [0.3, 0.4) is 0 Å². The van der Waals surface area contributed by atoms with E-state index in [1.165, 1.54) is 31.3 Å². The third-order valence-electron chi connectivity index (χ3n) is 4.41. The minimum atomic E-state index is 0.221. The topological polar surface area (TPSA) is 12.0 Å². The fourth-order valence-corrected chi connectivity index (χ4v) is 3.02. The van der Waals surface area contributed by atoms with Gasteiger partial charge in [0, 0.05) is 12.1 Å². The van der Waals surface area contributed by atoms with E-state index in [0.717, 1.165) is 18.4 Å². The third kappa shape index (κ3) is 6.61. The number of rotatable bonds is 3. The van der Waals surface area contributed by atoms with Gasteiger partial charge in [-0.15, -0.1) is 0 Å². The lowest BCUT2D eigenvalue weighted by molar-refractivity contribution is 0.162. The molecule has 1 aliphatic rings. The molecule has 0 aromatic heterocycles. The minimum Gasteiger partial charge on any atom is -0.308 e. The summed E-state index contributed by atoms with van der Waals surface area (Å²) in [7, 11) is 0. The summed E-state index contributed by atoms with van der Waals surface area (Å²) in [6.45, 7) is 17.2. The van der Waals surface area contributed by atoms with Crippen molar-refractivity contribution in [2.75, 3.05) is 6.54 Å². The maximum Gasteiger partial charge on any atom is 0.0166 e. The lowest BCUT2D eigenvalue weighted by Crippen LogP contribution is -2.36. The molecule has 1 fully saturated rings. The third-order valence-corrected chi connectivity index (χ3v) is 4.41. The van der Waals surface area contributed by atoms with Crippen LogP contribution in [0.5, 0.6) is 0 Å². The van der Waals surface area contributed by atoms with Crippen molar-refractivity contribution in [1.82, 2.24) is 5.32 Å². The fraction of sp³-hybridized carbons (Fsp3) is 0.889. The molecule has 0 amide bonds. The molecular weight excluding hydrogens is 230 g/mol. The highest BCUT2D eigenvalue weighted by atomic mass is 14.9. The van der Waals surface area contributed by atoms with E-state index in [-0.39, 0.29) is 5.54 Å². The van der Waals surface area contributed by atoms with Gasteiger partial charge in [-0.2, -0.15) is 0 Å². The van der Waals surface area contributed by atoms with Gasteiger partial charge in [0.2, 0.25) is 0 Å². The zero-order valence-electron chi connectivity index (χ0n) is 14.3. The molecule has 0 radical (unpaired) electrons. The smallest absolute Gasteiger partial charge is 0.0166 e. The first-order valence-electron chi connectivity index (χ1n) is 8.00. The van der Waals surface area contributed by atoms with Gasteiger partial charge < -0.3 is 5.32 Å². The van der Waals surface area contributed by atoms with Gasteiger partial charge in [0.15, 0.2) is 0 Å². The van der Waals surface area contributed by atoms with E-state index in [0.29, 0.717) is 5.41 Å². The Morgan fingerprint density at radius 1 is 1.00 bits per heavy atom. The van der Waals surface area contributed by atoms with E-state index in [4.69, 9.17) is 0 Å². The maximum atomic E-state index is 3.58. The summed E-state index contributed by atoms with van der Waals surface area (Å²) in [5.74, 6) is 1.74. The van der Waals surface area contributed by atoms with E-state index >= 15 is 0 Å². The van der Waals surface area contributed by atoms with Gasteiger partial charge in [-0.3, -0.25) is 0 Å². The Labute approximate surface area is 121 Å². The van der Waals surface area contributed by atoms with E-state index in [1.807, 2.05) is 0 Å². The molecule has 1 rings (SSSR count). The molecule has 1 N–H and O–H groups in total. The number of allylic oxidation sites excluding steroid dienone is 1. The molecule has 0 saturated heterocycles. The summed E-state index contributed by atoms with van der Waals surface area (Å²) in [5, 5.41) is 3.58. The van der Waals surface area contributed by atoms with E-state index < -0.39 is 0 Å². The van der Waals surface area contributed by atoms with E-state index in [1.54, 1.807) is 0 Å². The highest BCUT2D eigenvalue weighted by molar-refractivity contribution is 5.05. The average Bonchev–Trinajstić information content (AvgIpc) is 2.25. The van der Waals surface area contributed by atoms with Crippen molar-refractivity contribution in [2.24, 2.45) is 17.3 Å². The molecule has 0 unspecified atom stereocenters. The van der Waals surface area contributed by atoms with Gasteiger partial charge in [0.05, 0.1) is 0 Å². The second-order valence-electron chi connectivity index (χ2n) is 8.59. The summed E-state index contributed by atoms with van der Waals surface area (Å²) in [4.78, 5) is 0. The van der Waals surface area contributed by atoms with Gasteiger partial charge in [-0.1, -0.05) is 32.4 Å². The predicted molar refractivity (Wildman–Crippen MR) is 86.4 cm³/mol. The Kier molecular flexibility index (Phi) is 5.67. The monoisotopic (exact) mass is 265 g/mol. The Bertz CT molecular complexity index is 293. The van der Waals surface area contributed by atoms with Crippen LogP contribution in [0.2, 0.25) is 0 Å². The van der Waals surface area contributed by atoms with Crippen LogP contribution >= 0.6 is 0 Å². The Morgan fingerprint density at radius 2 is 1.53 bits per heavy atom. The van der Waals surface area contributed by atoms with Crippen LogP contribution in [-0.2, 0) is 0 Å². The Hall–Kier alpha value is -0.300. The molecule has 0 aliphatic heterocycles. The Morgan fingerprint density at radius 3 is 1.95 bits per heavy atom. The molecule has 1 nitrogen and oxygen atoms in total. The zero-order chi connectivity index (χ0) is 14.7. The molecule has 1 heteroatoms. The van der Waals surface area contributed by atoms with Crippen molar-refractivity contribution >= 4 is 0 Å². The minimum absolute atomic E-state index is 0.221. The van der Waals surface area contributed by atoms with Gasteiger partial charge >= 0.3 is 0 Å². The van der Waals surface area contributed by atoms with E-state index in [2.05, 4.69) is 59.9 Å². The van der Waals surface area contributed by atoms with Gasteiger partial charge in [0.1, 0.15) is 0 Å². The average molecular weight is 265 g/mol. The molecular formula is C18H35N. The van der Waals surface area contributed by atoms with Crippen LogP contribution in [0.1, 0.15) is 74.1 Å². The molecule has 1 aliphatic carbocycles. The molecule has 0 heterocycles. The summed E-state index contributed by atoms with van der Waals surface area (Å²) < 4.78 is 0. The first-order chi connectivity index (χ1) is 8.58. The van der Waals surface area contributed by atoms with Crippen LogP contribution in [-0.4, -0.2) is 12.1 Å². The molecule has 0 spiro atoms. The maximum absolute atomic E-state index is 3.58. The van der Waals surface area contributed by atoms with Crippen molar-refractivity contribution in [3.05, 3.63) is 11.6 Å². The molecule has 112 valence electrons. The van der Waals surface area contributed by atoms with Gasteiger partial charge in [-0.25, -0.2) is 0 Å². The molecule has 0 aromatic rings. The highest BCUT2D eigenvalue weighted by Gasteiger charge is 2.28. The number of hydrogen-bond acceptors (Lipinski definition) is 1. The van der Waals surface area contributed by atoms with Crippen LogP contribution in [0.15, 0.2) is 11.6 Å². The van der Waals surface area contributed by atoms with E-state index in [9.17, 15) is 0 Å². The van der Waals surface area contributed by atoms with Crippen LogP contribution < -0.4 is 5.32 Å². The van der Waals surface area contributed by atoms with Crippen LogP contribution in [0.4, 0.5) is 0 Å². The first kappa shape index (κ1) is 16.8. The molecule has 19 heavy (non-hydrogen) atoms. The number of hydrogen-bond donors (Lipinski definition) is 1. The van der Waals surface area contributed by atoms with Crippen molar-refractivity contribution in [1.29, 1.82) is 0 Å². The zero-order valence-corrected chi connectivity index (χ0v) is 14.3. The van der Waals surface area contributed by atoms with Crippen LogP contribution in [0.25, 0.3) is 0 Å². The van der Waals surface area contributed by atoms with Crippen molar-refractivity contribution in [2.45, 2.75) is 79.7 Å². The van der Waals surface area contributed by atoms with Crippen LogP contribution in [0, 0.1) is 17.3 Å². The van der Waals surface area contributed by atoms with Gasteiger partial charge in [0.25, 0.3) is 0 Å². The van der Waals surface area contributed by atoms with Crippen molar-refractivity contribution in [3.8, 4) is 0 Å². The highest BCUT2D eigenvalue weighted by Crippen LogP contribution is 2.40. The lowest BCUT2D eigenvalue weighted by Gasteiger charge is -2.36. The molecule has 0 bridgehead atoms. The summed E-state index contributed by atoms with van der Waals surface area (Å²) >= 11 is 0. The summed E-state index contributed by atoms with van der Waals surface area (Å²) in [5.41, 5.74) is 2.23. The van der Waals surface area contributed by atoms with Crippen molar-refractivity contribution in [3.63, 3.8) is 0 Å². The summed E-state index contributed by atoms with van der Waals surface area (Å²) in [6.07, 6.45) is 8.11. The SMILES string of the molecule is CC(=CC1CCC(C(C)(C)C)CC1)CNC(C)(C)C. The second kappa shape index (κ2) is 6.43. The fourth-order valence-electron chi connectivity index (χ4n) is 3.02. The quantitative estimate of drug-likeness (QED) is 0.694.